The fourth-order valence-corrected chi connectivity index (χ4v) is 6.13. The van der Waals surface area contributed by atoms with Crippen LogP contribution in [0.3, 0.4) is 0 Å². The highest BCUT2D eigenvalue weighted by Crippen LogP contribution is 2.28. The number of piperidine rings is 1. The summed E-state index contributed by atoms with van der Waals surface area (Å²) in [5, 5.41) is 9.78. The van der Waals surface area contributed by atoms with Crippen LogP contribution in [0.2, 0.25) is 0 Å². The minimum Gasteiger partial charge on any atom is -0.340 e. The molecule has 0 radical (unpaired) electrons. The Morgan fingerprint density at radius 3 is 2.49 bits per heavy atom. The Bertz CT molecular complexity index is 1330. The van der Waals surface area contributed by atoms with E-state index in [1.54, 1.807) is 59.9 Å². The topological polar surface area (TPSA) is 99.2 Å². The van der Waals surface area contributed by atoms with Crippen molar-refractivity contribution < 1.29 is 12.8 Å². The molecule has 2 fully saturated rings. The number of hydrogen-bond acceptors (Lipinski definition) is 7. The maximum absolute atomic E-state index is 13.5. The van der Waals surface area contributed by atoms with Gasteiger partial charge >= 0.3 is 0 Å². The molecule has 5 rings (SSSR count). The van der Waals surface area contributed by atoms with E-state index >= 15 is 0 Å². The van der Waals surface area contributed by atoms with Crippen LogP contribution in [-0.4, -0.2) is 48.9 Å². The average Bonchev–Trinajstić information content (AvgIpc) is 3.72. The first-order valence-electron chi connectivity index (χ1n) is 12.8. The van der Waals surface area contributed by atoms with E-state index in [2.05, 4.69) is 25.9 Å². The lowest BCUT2D eigenvalue weighted by Gasteiger charge is -2.32. The van der Waals surface area contributed by atoms with E-state index in [9.17, 15) is 12.8 Å². The van der Waals surface area contributed by atoms with Gasteiger partial charge in [0.05, 0.1) is 4.90 Å². The Hall–Kier alpha value is -3.08. The predicted octanol–water partition coefficient (Wildman–Crippen LogP) is 4.81. The van der Waals surface area contributed by atoms with Crippen LogP contribution in [0, 0.1) is 24.6 Å². The van der Waals surface area contributed by atoms with Crippen molar-refractivity contribution in [3.63, 3.8) is 0 Å². The molecule has 2 aliphatic rings. The molecular formula is C27H33FN6O2S. The summed E-state index contributed by atoms with van der Waals surface area (Å²) in [6.07, 6.45) is 6.18. The number of sulfonamides is 1. The molecule has 1 aliphatic carbocycles. The second-order valence-corrected chi connectivity index (χ2v) is 11.9. The monoisotopic (exact) mass is 524 g/mol. The van der Waals surface area contributed by atoms with E-state index in [1.807, 2.05) is 0 Å². The Morgan fingerprint density at radius 2 is 1.73 bits per heavy atom. The number of aryl methyl sites for hydroxylation is 1. The molecule has 2 aromatic carbocycles. The van der Waals surface area contributed by atoms with Crippen molar-refractivity contribution in [2.75, 3.05) is 36.8 Å². The van der Waals surface area contributed by atoms with Gasteiger partial charge in [0, 0.05) is 30.7 Å². The van der Waals surface area contributed by atoms with E-state index in [4.69, 9.17) is 0 Å². The normalized spacial score (nSPS) is 18.5. The van der Waals surface area contributed by atoms with Crippen molar-refractivity contribution >= 4 is 33.2 Å². The Labute approximate surface area is 217 Å². The number of rotatable bonds is 10. The van der Waals surface area contributed by atoms with Crippen LogP contribution in [0.15, 0.2) is 59.6 Å². The molecule has 1 aliphatic heterocycles. The quantitative estimate of drug-likeness (QED) is 0.350. The van der Waals surface area contributed by atoms with Crippen LogP contribution in [-0.2, 0) is 10.0 Å². The van der Waals surface area contributed by atoms with Crippen molar-refractivity contribution in [2.24, 2.45) is 11.8 Å². The average molecular weight is 525 g/mol. The molecule has 0 spiro atoms. The fraction of sp³-hybridized carbons (Fsp3) is 0.407. The van der Waals surface area contributed by atoms with Crippen LogP contribution in [0.4, 0.5) is 27.5 Å². The molecule has 2 heterocycles. The van der Waals surface area contributed by atoms with Gasteiger partial charge in [0.2, 0.25) is 16.0 Å². The van der Waals surface area contributed by atoms with Gasteiger partial charge in [-0.3, -0.25) is 0 Å². The summed E-state index contributed by atoms with van der Waals surface area (Å²) in [7, 11) is -3.55. The minimum absolute atomic E-state index is 0.262. The van der Waals surface area contributed by atoms with Crippen LogP contribution in [0.25, 0.3) is 0 Å². The van der Waals surface area contributed by atoms with E-state index < -0.39 is 10.0 Å². The van der Waals surface area contributed by atoms with Crippen molar-refractivity contribution in [3.05, 3.63) is 66.1 Å². The van der Waals surface area contributed by atoms with Gasteiger partial charge in [-0.05, 0) is 112 Å². The molecule has 37 heavy (non-hydrogen) atoms. The van der Waals surface area contributed by atoms with Crippen molar-refractivity contribution in [3.8, 4) is 0 Å². The summed E-state index contributed by atoms with van der Waals surface area (Å²) in [4.78, 5) is 8.98. The minimum atomic E-state index is -3.55. The summed E-state index contributed by atoms with van der Waals surface area (Å²) in [5.41, 5.74) is 1.93. The van der Waals surface area contributed by atoms with Gasteiger partial charge in [-0.2, -0.15) is 9.29 Å². The van der Waals surface area contributed by atoms with Gasteiger partial charge in [0.15, 0.2) is 0 Å². The zero-order chi connectivity index (χ0) is 25.8. The van der Waals surface area contributed by atoms with Crippen LogP contribution in [0.5, 0.6) is 0 Å². The number of nitrogens with one attached hydrogen (secondary N) is 3. The van der Waals surface area contributed by atoms with E-state index in [0.29, 0.717) is 42.0 Å². The summed E-state index contributed by atoms with van der Waals surface area (Å²) in [5.74, 6) is 1.81. The third-order valence-electron chi connectivity index (χ3n) is 6.88. The molecule has 1 saturated heterocycles. The largest absolute Gasteiger partial charge is 0.340 e. The molecule has 1 unspecified atom stereocenters. The molecule has 1 aromatic heterocycles. The maximum Gasteiger partial charge on any atom is 0.243 e. The van der Waals surface area contributed by atoms with Gasteiger partial charge in [-0.15, -0.1) is 0 Å². The first-order valence-corrected chi connectivity index (χ1v) is 14.2. The fourth-order valence-electron chi connectivity index (χ4n) is 4.57. The van der Waals surface area contributed by atoms with E-state index in [0.717, 1.165) is 37.5 Å². The molecule has 0 amide bonds. The number of nitrogens with zero attached hydrogens (tertiary/aromatic N) is 3. The lowest BCUT2D eigenvalue weighted by atomic mass is 10.00. The van der Waals surface area contributed by atoms with Crippen molar-refractivity contribution in [1.29, 1.82) is 0 Å². The molecular weight excluding hydrogens is 491 g/mol. The Kier molecular flexibility index (Phi) is 7.68. The third kappa shape index (κ3) is 6.63. The molecule has 10 heteroatoms. The molecule has 0 bridgehead atoms. The third-order valence-corrected chi connectivity index (χ3v) is 8.76. The summed E-state index contributed by atoms with van der Waals surface area (Å²) in [6, 6.07) is 13.2. The molecule has 196 valence electrons. The van der Waals surface area contributed by atoms with Crippen LogP contribution < -0.4 is 16.0 Å². The number of aromatic nitrogens is 2. The molecule has 1 atom stereocenters. The first-order chi connectivity index (χ1) is 17.9. The second-order valence-electron chi connectivity index (χ2n) is 9.98. The Balaban J connectivity index is 1.20. The lowest BCUT2D eigenvalue weighted by molar-refractivity contribution is 0.259. The Morgan fingerprint density at radius 1 is 0.973 bits per heavy atom. The SMILES string of the molecule is Cc1cc(Nc2ccnc(Nc3ccc(S(=O)(=O)N4CCCC(CNCC5CC5)C4)cc3)n2)ccc1F. The predicted molar refractivity (Wildman–Crippen MR) is 143 cm³/mol. The summed E-state index contributed by atoms with van der Waals surface area (Å²) < 4.78 is 41.7. The number of benzene rings is 2. The number of anilines is 4. The summed E-state index contributed by atoms with van der Waals surface area (Å²) in [6.45, 7) is 4.74. The van der Waals surface area contributed by atoms with Crippen LogP contribution >= 0.6 is 0 Å². The molecule has 3 N–H and O–H groups in total. The first kappa shape index (κ1) is 25.6. The maximum atomic E-state index is 13.5. The zero-order valence-corrected chi connectivity index (χ0v) is 21.8. The molecule has 1 saturated carbocycles. The summed E-state index contributed by atoms with van der Waals surface area (Å²) >= 11 is 0. The number of hydrogen-bond donors (Lipinski definition) is 3. The van der Waals surface area contributed by atoms with Gasteiger partial charge in [0.25, 0.3) is 0 Å². The smallest absolute Gasteiger partial charge is 0.243 e. The lowest BCUT2D eigenvalue weighted by Crippen LogP contribution is -2.43. The standard InChI is InChI=1S/C27H33FN6O2S/c1-19-15-23(8-11-25(19)28)31-26-12-13-30-27(33-26)32-22-6-9-24(10-7-22)37(35,36)34-14-2-3-21(18-34)17-29-16-20-4-5-20/h6-13,15,20-21,29H,2-5,14,16-18H2,1H3,(H2,30,31,32,33). The zero-order valence-electron chi connectivity index (χ0n) is 21.0. The number of halogens is 1. The van der Waals surface area contributed by atoms with Gasteiger partial charge in [-0.1, -0.05) is 0 Å². The highest BCUT2D eigenvalue weighted by Gasteiger charge is 2.30. The van der Waals surface area contributed by atoms with Gasteiger partial charge in [-0.25, -0.2) is 17.8 Å². The van der Waals surface area contributed by atoms with Crippen molar-refractivity contribution in [2.45, 2.75) is 37.5 Å². The van der Waals surface area contributed by atoms with Gasteiger partial charge < -0.3 is 16.0 Å². The van der Waals surface area contributed by atoms with Crippen molar-refractivity contribution in [1.82, 2.24) is 19.6 Å². The van der Waals surface area contributed by atoms with E-state index in [1.165, 1.54) is 18.9 Å². The molecule has 3 aromatic rings. The van der Waals surface area contributed by atoms with Gasteiger partial charge in [0.1, 0.15) is 11.6 Å². The van der Waals surface area contributed by atoms with E-state index in [-0.39, 0.29) is 10.7 Å². The van der Waals surface area contributed by atoms with Crippen LogP contribution in [0.1, 0.15) is 31.2 Å². The second kappa shape index (κ2) is 11.1. The highest BCUT2D eigenvalue weighted by atomic mass is 32.2. The highest BCUT2D eigenvalue weighted by molar-refractivity contribution is 7.89. The molecule has 8 nitrogen and oxygen atoms in total.